The molecule has 3 heterocycles. The summed E-state index contributed by atoms with van der Waals surface area (Å²) in [4.78, 5) is 8.62. The van der Waals surface area contributed by atoms with Gasteiger partial charge in [-0.1, -0.05) is 0 Å². The van der Waals surface area contributed by atoms with Crippen molar-refractivity contribution >= 4 is 27.1 Å². The van der Waals surface area contributed by atoms with Crippen LogP contribution >= 0.6 is 15.9 Å². The van der Waals surface area contributed by atoms with E-state index in [2.05, 4.69) is 36.1 Å². The van der Waals surface area contributed by atoms with Crippen LogP contribution in [0.4, 0.5) is 4.39 Å². The number of aryl methyl sites for hydroxylation is 1. The molecule has 21 heavy (non-hydrogen) atoms. The molecule has 0 atom stereocenters. The van der Waals surface area contributed by atoms with Crippen LogP contribution in [0.3, 0.4) is 0 Å². The summed E-state index contributed by atoms with van der Waals surface area (Å²) in [5, 5.41) is 7.64. The Labute approximate surface area is 128 Å². The lowest BCUT2D eigenvalue weighted by Gasteiger charge is -2.07. The molecular weight excluding hydrogens is 341 g/mol. The van der Waals surface area contributed by atoms with Gasteiger partial charge in [0.1, 0.15) is 12.4 Å². The standard InChI is InChI=1S/C13H13BrFN5O/c1-7-17-11-9(4-8(14)5-16-11)20(7)6-10-18-19-12(21-10)13(2,3)15/h4-5H,6H2,1-3H3. The second-order valence-electron chi connectivity index (χ2n) is 5.21. The number of fused-ring (bicyclic) bond motifs is 1. The summed E-state index contributed by atoms with van der Waals surface area (Å²) in [6.07, 6.45) is 1.69. The molecule has 3 aromatic heterocycles. The summed E-state index contributed by atoms with van der Waals surface area (Å²) >= 11 is 3.39. The van der Waals surface area contributed by atoms with Crippen molar-refractivity contribution in [2.45, 2.75) is 33.0 Å². The van der Waals surface area contributed by atoms with Gasteiger partial charge in [-0.05, 0) is 42.8 Å². The van der Waals surface area contributed by atoms with Gasteiger partial charge in [0, 0.05) is 10.7 Å². The van der Waals surface area contributed by atoms with Gasteiger partial charge < -0.3 is 8.98 Å². The molecule has 0 fully saturated rings. The number of nitrogens with zero attached hydrogens (tertiary/aromatic N) is 5. The fraction of sp³-hybridized carbons (Fsp3) is 0.385. The second-order valence-corrected chi connectivity index (χ2v) is 6.13. The molecule has 0 amide bonds. The highest BCUT2D eigenvalue weighted by atomic mass is 79.9. The number of hydrogen-bond donors (Lipinski definition) is 0. The van der Waals surface area contributed by atoms with Crippen molar-refractivity contribution < 1.29 is 8.81 Å². The quantitative estimate of drug-likeness (QED) is 0.723. The molecule has 0 aliphatic rings. The van der Waals surface area contributed by atoms with Crippen LogP contribution in [0.1, 0.15) is 31.5 Å². The Morgan fingerprint density at radius 2 is 2.14 bits per heavy atom. The molecule has 0 bridgehead atoms. The van der Waals surface area contributed by atoms with Gasteiger partial charge in [-0.2, -0.15) is 0 Å². The van der Waals surface area contributed by atoms with Crippen molar-refractivity contribution in [3.63, 3.8) is 0 Å². The maximum absolute atomic E-state index is 13.8. The Balaban J connectivity index is 2.00. The SMILES string of the molecule is Cc1nc2ncc(Br)cc2n1Cc1nnc(C(C)(C)F)o1. The van der Waals surface area contributed by atoms with Crippen LogP contribution in [0.2, 0.25) is 0 Å². The van der Waals surface area contributed by atoms with Crippen LogP contribution in [0.5, 0.6) is 0 Å². The van der Waals surface area contributed by atoms with Crippen molar-refractivity contribution in [3.05, 3.63) is 34.3 Å². The van der Waals surface area contributed by atoms with Crippen molar-refractivity contribution in [2.24, 2.45) is 0 Å². The predicted molar refractivity (Wildman–Crippen MR) is 77.5 cm³/mol. The molecule has 0 aromatic carbocycles. The van der Waals surface area contributed by atoms with Crippen LogP contribution < -0.4 is 0 Å². The van der Waals surface area contributed by atoms with E-state index in [1.165, 1.54) is 13.8 Å². The molecule has 110 valence electrons. The third-order valence-corrected chi connectivity index (χ3v) is 3.47. The van der Waals surface area contributed by atoms with E-state index in [1.54, 1.807) is 6.20 Å². The van der Waals surface area contributed by atoms with Gasteiger partial charge in [-0.3, -0.25) is 0 Å². The van der Waals surface area contributed by atoms with Crippen LogP contribution in [-0.2, 0) is 12.2 Å². The Morgan fingerprint density at radius 3 is 2.81 bits per heavy atom. The molecule has 0 N–H and O–H groups in total. The number of alkyl halides is 1. The molecule has 0 spiro atoms. The Morgan fingerprint density at radius 1 is 1.38 bits per heavy atom. The maximum atomic E-state index is 13.8. The minimum absolute atomic E-state index is 0.0288. The van der Waals surface area contributed by atoms with Crippen molar-refractivity contribution in [3.8, 4) is 0 Å². The van der Waals surface area contributed by atoms with Gasteiger partial charge >= 0.3 is 0 Å². The molecule has 0 aliphatic carbocycles. The van der Waals surface area contributed by atoms with Gasteiger partial charge in [0.15, 0.2) is 11.3 Å². The Bertz CT molecular complexity index is 805. The number of hydrogen-bond acceptors (Lipinski definition) is 5. The summed E-state index contributed by atoms with van der Waals surface area (Å²) in [5.74, 6) is 1.08. The first-order chi connectivity index (χ1) is 9.84. The largest absolute Gasteiger partial charge is 0.420 e. The number of pyridine rings is 1. The lowest BCUT2D eigenvalue weighted by Crippen LogP contribution is -2.09. The van der Waals surface area contributed by atoms with Gasteiger partial charge in [-0.25, -0.2) is 14.4 Å². The average Bonchev–Trinajstić information content (AvgIpc) is 2.96. The van der Waals surface area contributed by atoms with E-state index in [1.807, 2.05) is 17.6 Å². The maximum Gasteiger partial charge on any atom is 0.253 e. The van der Waals surface area contributed by atoms with Gasteiger partial charge in [0.25, 0.3) is 5.89 Å². The van der Waals surface area contributed by atoms with E-state index < -0.39 is 5.67 Å². The second kappa shape index (κ2) is 4.87. The van der Waals surface area contributed by atoms with Gasteiger partial charge in [-0.15, -0.1) is 10.2 Å². The molecule has 0 aliphatic heterocycles. The van der Waals surface area contributed by atoms with E-state index in [0.29, 0.717) is 18.1 Å². The predicted octanol–water partition coefficient (Wildman–Crippen LogP) is 3.14. The lowest BCUT2D eigenvalue weighted by atomic mass is 10.2. The van der Waals surface area contributed by atoms with E-state index >= 15 is 0 Å². The van der Waals surface area contributed by atoms with E-state index in [-0.39, 0.29) is 5.89 Å². The molecule has 8 heteroatoms. The zero-order valence-electron chi connectivity index (χ0n) is 11.8. The Kier molecular flexibility index (Phi) is 3.27. The van der Waals surface area contributed by atoms with Crippen molar-refractivity contribution in [2.75, 3.05) is 0 Å². The highest BCUT2D eigenvalue weighted by Gasteiger charge is 2.26. The number of rotatable bonds is 3. The summed E-state index contributed by atoms with van der Waals surface area (Å²) in [6, 6.07) is 1.92. The minimum atomic E-state index is -1.65. The van der Waals surface area contributed by atoms with E-state index in [9.17, 15) is 4.39 Å². The summed E-state index contributed by atoms with van der Waals surface area (Å²) in [6.45, 7) is 4.95. The third kappa shape index (κ3) is 2.67. The third-order valence-electron chi connectivity index (χ3n) is 3.03. The monoisotopic (exact) mass is 353 g/mol. The molecule has 0 saturated carbocycles. The fourth-order valence-electron chi connectivity index (χ4n) is 1.99. The van der Waals surface area contributed by atoms with Crippen LogP contribution in [0, 0.1) is 6.92 Å². The Hall–Kier alpha value is -1.83. The normalized spacial score (nSPS) is 12.2. The van der Waals surface area contributed by atoms with Crippen LogP contribution in [0.15, 0.2) is 21.2 Å². The fourth-order valence-corrected chi connectivity index (χ4v) is 2.31. The van der Waals surface area contributed by atoms with Crippen molar-refractivity contribution in [1.29, 1.82) is 0 Å². The first-order valence-electron chi connectivity index (χ1n) is 6.35. The molecule has 6 nitrogen and oxygen atoms in total. The average molecular weight is 354 g/mol. The van der Waals surface area contributed by atoms with Crippen LogP contribution in [-0.4, -0.2) is 24.7 Å². The first kappa shape index (κ1) is 14.1. The molecule has 3 aromatic rings. The topological polar surface area (TPSA) is 69.6 Å². The lowest BCUT2D eigenvalue weighted by molar-refractivity contribution is 0.166. The molecule has 3 rings (SSSR count). The first-order valence-corrected chi connectivity index (χ1v) is 7.14. The van der Waals surface area contributed by atoms with Crippen LogP contribution in [0.25, 0.3) is 11.2 Å². The molecular formula is C13H13BrFN5O. The van der Waals surface area contributed by atoms with E-state index in [0.717, 1.165) is 15.8 Å². The summed E-state index contributed by atoms with van der Waals surface area (Å²) in [5.41, 5.74) is -0.163. The minimum Gasteiger partial charge on any atom is -0.420 e. The van der Waals surface area contributed by atoms with Gasteiger partial charge in [0.05, 0.1) is 5.52 Å². The number of imidazole rings is 1. The summed E-state index contributed by atoms with van der Waals surface area (Å²) in [7, 11) is 0. The number of halogens is 2. The number of aromatic nitrogens is 5. The molecule has 0 radical (unpaired) electrons. The van der Waals surface area contributed by atoms with Gasteiger partial charge in [0.2, 0.25) is 5.89 Å². The summed E-state index contributed by atoms with van der Waals surface area (Å²) < 4.78 is 21.9. The molecule has 0 unspecified atom stereocenters. The van der Waals surface area contributed by atoms with E-state index in [4.69, 9.17) is 4.42 Å². The molecule has 0 saturated heterocycles. The zero-order valence-corrected chi connectivity index (χ0v) is 13.3. The zero-order chi connectivity index (χ0) is 15.2. The highest BCUT2D eigenvalue weighted by Crippen LogP contribution is 2.24. The highest BCUT2D eigenvalue weighted by molar-refractivity contribution is 9.10. The van der Waals surface area contributed by atoms with Crippen molar-refractivity contribution in [1.82, 2.24) is 24.7 Å². The smallest absolute Gasteiger partial charge is 0.253 e.